The maximum atomic E-state index is 12.9. The third-order valence-electron chi connectivity index (χ3n) is 3.73. The van der Waals surface area contributed by atoms with Crippen LogP contribution < -0.4 is 5.32 Å². The quantitative estimate of drug-likeness (QED) is 0.865. The molecule has 118 valence electrons. The van der Waals surface area contributed by atoms with Crippen LogP contribution in [0.15, 0.2) is 27.6 Å². The molecular formula is C14H22BrN3O2S. The molecule has 1 aliphatic rings. The van der Waals surface area contributed by atoms with E-state index in [1.54, 1.807) is 16.4 Å². The van der Waals surface area contributed by atoms with Gasteiger partial charge in [-0.2, -0.15) is 4.31 Å². The average molecular weight is 376 g/mol. The van der Waals surface area contributed by atoms with Crippen molar-refractivity contribution in [2.24, 2.45) is 0 Å². The van der Waals surface area contributed by atoms with Gasteiger partial charge < -0.3 is 10.2 Å². The number of nitrogens with one attached hydrogen (secondary N) is 1. The smallest absolute Gasteiger partial charge is 0.244 e. The maximum Gasteiger partial charge on any atom is 0.244 e. The Hall–Kier alpha value is -0.470. The van der Waals surface area contributed by atoms with Gasteiger partial charge in [0.15, 0.2) is 0 Å². The highest BCUT2D eigenvalue weighted by Crippen LogP contribution is 2.28. The van der Waals surface area contributed by atoms with Gasteiger partial charge >= 0.3 is 0 Å². The largest absolute Gasteiger partial charge is 0.316 e. The fourth-order valence-electron chi connectivity index (χ4n) is 2.67. The fraction of sp³-hybridized carbons (Fsp3) is 0.571. The summed E-state index contributed by atoms with van der Waals surface area (Å²) in [4.78, 5) is 2.51. The summed E-state index contributed by atoms with van der Waals surface area (Å²) < 4.78 is 28.1. The molecule has 1 aliphatic heterocycles. The minimum absolute atomic E-state index is 0.0198. The first-order chi connectivity index (χ1) is 9.86. The molecule has 7 heteroatoms. The zero-order valence-electron chi connectivity index (χ0n) is 12.6. The predicted molar refractivity (Wildman–Crippen MR) is 87.8 cm³/mol. The molecule has 21 heavy (non-hydrogen) atoms. The van der Waals surface area contributed by atoms with Gasteiger partial charge in [0.1, 0.15) is 0 Å². The van der Waals surface area contributed by atoms with Crippen LogP contribution in [0.5, 0.6) is 0 Å². The summed E-state index contributed by atoms with van der Waals surface area (Å²) in [5.74, 6) is 0. The molecule has 0 amide bonds. The van der Waals surface area contributed by atoms with E-state index in [1.165, 1.54) is 0 Å². The molecule has 1 saturated heterocycles. The highest BCUT2D eigenvalue weighted by Gasteiger charge is 2.33. The predicted octanol–water partition coefficient (Wildman–Crippen LogP) is 1.49. The lowest BCUT2D eigenvalue weighted by atomic mass is 10.2. The molecule has 1 fully saturated rings. The van der Waals surface area contributed by atoms with Crippen molar-refractivity contribution >= 4 is 26.0 Å². The molecule has 1 aromatic rings. The Morgan fingerprint density at radius 2 is 2.10 bits per heavy atom. The van der Waals surface area contributed by atoms with Crippen molar-refractivity contribution < 1.29 is 8.42 Å². The Morgan fingerprint density at radius 3 is 2.71 bits per heavy atom. The van der Waals surface area contributed by atoms with Gasteiger partial charge in [0.05, 0.1) is 4.90 Å². The Kier molecular flexibility index (Phi) is 5.43. The molecule has 0 aliphatic carbocycles. The van der Waals surface area contributed by atoms with E-state index in [4.69, 9.17) is 0 Å². The maximum absolute atomic E-state index is 12.9. The number of sulfonamides is 1. The number of nitrogens with zero attached hydrogens (tertiary/aromatic N) is 2. The van der Waals surface area contributed by atoms with Crippen LogP contribution in [0.2, 0.25) is 0 Å². The second kappa shape index (κ2) is 6.75. The summed E-state index contributed by atoms with van der Waals surface area (Å²) in [6, 6.07) is 5.46. The average Bonchev–Trinajstić information content (AvgIpc) is 2.40. The van der Waals surface area contributed by atoms with Gasteiger partial charge in [-0.3, -0.25) is 0 Å². The minimum Gasteiger partial charge on any atom is -0.316 e. The normalized spacial score (nSPS) is 21.6. The van der Waals surface area contributed by atoms with Crippen molar-refractivity contribution in [1.29, 1.82) is 0 Å². The first-order valence-electron chi connectivity index (χ1n) is 6.99. The number of rotatable bonds is 4. The monoisotopic (exact) mass is 375 g/mol. The summed E-state index contributed by atoms with van der Waals surface area (Å²) in [6.07, 6.45) is 0. The highest BCUT2D eigenvalue weighted by atomic mass is 79.9. The van der Waals surface area contributed by atoms with E-state index in [-0.39, 0.29) is 6.04 Å². The molecular weight excluding hydrogens is 354 g/mol. The number of likely N-dealkylation sites (N-methyl/N-ethyl adjacent to an activating group) is 1. The molecule has 1 N–H and O–H groups in total. The second-order valence-corrected chi connectivity index (χ2v) is 8.24. The number of hydrogen-bond acceptors (Lipinski definition) is 4. The molecule has 1 aromatic carbocycles. The molecule has 0 radical (unpaired) electrons. The van der Waals surface area contributed by atoms with Crippen LogP contribution in [-0.2, 0) is 16.6 Å². The summed E-state index contributed by atoms with van der Waals surface area (Å²) >= 11 is 3.38. The van der Waals surface area contributed by atoms with Crippen molar-refractivity contribution in [1.82, 2.24) is 14.5 Å². The van der Waals surface area contributed by atoms with Crippen molar-refractivity contribution in [3.63, 3.8) is 0 Å². The van der Waals surface area contributed by atoms with Crippen LogP contribution in [-0.4, -0.2) is 57.4 Å². The van der Waals surface area contributed by atoms with Crippen LogP contribution >= 0.6 is 15.9 Å². The molecule has 0 saturated carbocycles. The lowest BCUT2D eigenvalue weighted by Crippen LogP contribution is -2.52. The lowest BCUT2D eigenvalue weighted by Gasteiger charge is -2.37. The SMILES string of the molecule is CNCc1ccc(Br)c(S(=O)(=O)N2CCN(C)CC2C)c1. The minimum atomic E-state index is -3.47. The van der Waals surface area contributed by atoms with Crippen molar-refractivity contribution in [2.75, 3.05) is 33.7 Å². The highest BCUT2D eigenvalue weighted by molar-refractivity contribution is 9.10. The standard InChI is InChI=1S/C14H22BrN3O2S/c1-11-10-17(3)6-7-18(11)21(19,20)14-8-12(9-16-2)4-5-13(14)15/h4-5,8,11,16H,6-7,9-10H2,1-3H3. The number of piperazine rings is 1. The van der Waals surface area contributed by atoms with Gasteiger partial charge in [0, 0.05) is 36.7 Å². The first-order valence-corrected chi connectivity index (χ1v) is 9.23. The van der Waals surface area contributed by atoms with Gasteiger partial charge in [0.25, 0.3) is 0 Å². The van der Waals surface area contributed by atoms with Crippen LogP contribution in [0.4, 0.5) is 0 Å². The van der Waals surface area contributed by atoms with Crippen LogP contribution in [0, 0.1) is 0 Å². The Labute approximate surface area is 135 Å². The fourth-order valence-corrected chi connectivity index (χ4v) is 5.26. The zero-order valence-corrected chi connectivity index (χ0v) is 15.0. The summed E-state index contributed by atoms with van der Waals surface area (Å²) in [7, 11) is 0.390. The van der Waals surface area contributed by atoms with E-state index in [2.05, 4.69) is 26.1 Å². The van der Waals surface area contributed by atoms with E-state index >= 15 is 0 Å². The summed E-state index contributed by atoms with van der Waals surface area (Å²) in [5, 5.41) is 3.05. The van der Waals surface area contributed by atoms with E-state index in [0.29, 0.717) is 22.5 Å². The third-order valence-corrected chi connectivity index (χ3v) is 6.74. The van der Waals surface area contributed by atoms with E-state index in [1.807, 2.05) is 27.1 Å². The van der Waals surface area contributed by atoms with Gasteiger partial charge in [-0.05, 0) is 54.6 Å². The van der Waals surface area contributed by atoms with Crippen molar-refractivity contribution in [3.05, 3.63) is 28.2 Å². The van der Waals surface area contributed by atoms with E-state index in [0.717, 1.165) is 18.7 Å². The number of halogens is 1. The summed E-state index contributed by atoms with van der Waals surface area (Å²) in [6.45, 7) is 4.65. The van der Waals surface area contributed by atoms with Gasteiger partial charge in [-0.15, -0.1) is 0 Å². The van der Waals surface area contributed by atoms with Crippen molar-refractivity contribution in [3.8, 4) is 0 Å². The van der Waals surface area contributed by atoms with Crippen molar-refractivity contribution in [2.45, 2.75) is 24.4 Å². The van der Waals surface area contributed by atoms with E-state index in [9.17, 15) is 8.42 Å². The Bertz CT molecular complexity index is 606. The van der Waals surface area contributed by atoms with Crippen LogP contribution in [0.1, 0.15) is 12.5 Å². The zero-order chi connectivity index (χ0) is 15.6. The molecule has 0 aromatic heterocycles. The Morgan fingerprint density at radius 1 is 1.38 bits per heavy atom. The molecule has 1 heterocycles. The third kappa shape index (κ3) is 3.65. The van der Waals surface area contributed by atoms with E-state index < -0.39 is 10.0 Å². The lowest BCUT2D eigenvalue weighted by molar-refractivity contribution is 0.170. The van der Waals surface area contributed by atoms with Crippen LogP contribution in [0.3, 0.4) is 0 Å². The number of hydrogen-bond donors (Lipinski definition) is 1. The van der Waals surface area contributed by atoms with Crippen LogP contribution in [0.25, 0.3) is 0 Å². The number of benzene rings is 1. The molecule has 0 spiro atoms. The Balaban J connectivity index is 2.37. The van der Waals surface area contributed by atoms with Gasteiger partial charge in [0.2, 0.25) is 10.0 Å². The second-order valence-electron chi connectivity index (χ2n) is 5.52. The first kappa shape index (κ1) is 16.9. The summed E-state index contributed by atoms with van der Waals surface area (Å²) in [5.41, 5.74) is 0.959. The van der Waals surface area contributed by atoms with Gasteiger partial charge in [-0.25, -0.2) is 8.42 Å². The molecule has 1 unspecified atom stereocenters. The van der Waals surface area contributed by atoms with Gasteiger partial charge in [-0.1, -0.05) is 6.07 Å². The molecule has 1 atom stereocenters. The molecule has 0 bridgehead atoms. The molecule has 5 nitrogen and oxygen atoms in total. The molecule has 2 rings (SSSR count). The topological polar surface area (TPSA) is 52.7 Å².